The van der Waals surface area contributed by atoms with Gasteiger partial charge in [0.1, 0.15) is 11.5 Å². The van der Waals surface area contributed by atoms with E-state index >= 15 is 0 Å². The van der Waals surface area contributed by atoms with Crippen LogP contribution in [0.4, 0.5) is 0 Å². The molecule has 0 atom stereocenters. The van der Waals surface area contributed by atoms with Gasteiger partial charge in [0, 0.05) is 24.9 Å². The molecule has 2 rings (SSSR count). The van der Waals surface area contributed by atoms with Crippen molar-refractivity contribution >= 4 is 11.7 Å². The molecule has 0 unspecified atom stereocenters. The molecule has 1 N–H and O–H groups in total. The zero-order valence-corrected chi connectivity index (χ0v) is 14.6. The van der Waals surface area contributed by atoms with E-state index in [0.29, 0.717) is 18.7 Å². The number of benzene rings is 2. The molecule has 5 heteroatoms. The van der Waals surface area contributed by atoms with Gasteiger partial charge in [0.2, 0.25) is 5.91 Å². The molecule has 2 aromatic rings. The molecule has 0 bridgehead atoms. The normalized spacial score (nSPS) is 10.2. The Morgan fingerprint density at radius 3 is 2.44 bits per heavy atom. The van der Waals surface area contributed by atoms with E-state index < -0.39 is 0 Å². The van der Waals surface area contributed by atoms with Crippen molar-refractivity contribution in [2.24, 2.45) is 0 Å². The van der Waals surface area contributed by atoms with Gasteiger partial charge in [0.25, 0.3) is 0 Å². The van der Waals surface area contributed by atoms with Crippen molar-refractivity contribution in [1.82, 2.24) is 5.32 Å². The highest BCUT2D eigenvalue weighted by atomic mass is 16.5. The van der Waals surface area contributed by atoms with Crippen LogP contribution in [0, 0.1) is 0 Å². The molecule has 0 saturated heterocycles. The zero-order chi connectivity index (χ0) is 18.1. The molecular weight excluding hydrogens is 318 g/mol. The second kappa shape index (κ2) is 9.47. The standard InChI is InChI=1S/C20H23NO4/c1-3-25-17-9-7-16(8-10-17)19(22)11-12-20(23)21-14-15-5-4-6-18(13-15)24-2/h4-10,13H,3,11-12,14H2,1-2H3,(H,21,23). The van der Waals surface area contributed by atoms with E-state index in [9.17, 15) is 9.59 Å². The summed E-state index contributed by atoms with van der Waals surface area (Å²) in [6.45, 7) is 2.90. The van der Waals surface area contributed by atoms with Crippen molar-refractivity contribution in [1.29, 1.82) is 0 Å². The molecular formula is C20H23NO4. The largest absolute Gasteiger partial charge is 0.497 e. The molecule has 0 aromatic heterocycles. The summed E-state index contributed by atoms with van der Waals surface area (Å²) in [5.74, 6) is 1.27. The molecule has 0 aliphatic carbocycles. The third-order valence-electron chi connectivity index (χ3n) is 3.69. The molecule has 0 fully saturated rings. The Balaban J connectivity index is 1.77. The molecule has 0 heterocycles. The summed E-state index contributed by atoms with van der Waals surface area (Å²) < 4.78 is 10.5. The van der Waals surface area contributed by atoms with Gasteiger partial charge < -0.3 is 14.8 Å². The average Bonchev–Trinajstić information content (AvgIpc) is 2.65. The van der Waals surface area contributed by atoms with Crippen LogP contribution in [0.5, 0.6) is 11.5 Å². The third kappa shape index (κ3) is 5.95. The number of ketones is 1. The summed E-state index contributed by atoms with van der Waals surface area (Å²) in [4.78, 5) is 24.1. The molecule has 2 aromatic carbocycles. The minimum Gasteiger partial charge on any atom is -0.497 e. The van der Waals surface area contributed by atoms with Gasteiger partial charge in [-0.2, -0.15) is 0 Å². The summed E-state index contributed by atoms with van der Waals surface area (Å²) in [6, 6.07) is 14.5. The Morgan fingerprint density at radius 2 is 1.76 bits per heavy atom. The minimum absolute atomic E-state index is 0.0559. The van der Waals surface area contributed by atoms with Gasteiger partial charge in [0.15, 0.2) is 5.78 Å². The maximum Gasteiger partial charge on any atom is 0.220 e. The van der Waals surface area contributed by atoms with E-state index in [-0.39, 0.29) is 24.5 Å². The fraction of sp³-hybridized carbons (Fsp3) is 0.300. The molecule has 0 aliphatic heterocycles. The maximum atomic E-state index is 12.1. The van der Waals surface area contributed by atoms with Crippen LogP contribution in [0.3, 0.4) is 0 Å². The molecule has 0 spiro atoms. The maximum absolute atomic E-state index is 12.1. The smallest absolute Gasteiger partial charge is 0.220 e. The first-order valence-corrected chi connectivity index (χ1v) is 8.28. The quantitative estimate of drug-likeness (QED) is 0.710. The monoisotopic (exact) mass is 341 g/mol. The van der Waals surface area contributed by atoms with E-state index in [1.54, 1.807) is 31.4 Å². The van der Waals surface area contributed by atoms with Gasteiger partial charge in [-0.1, -0.05) is 12.1 Å². The third-order valence-corrected chi connectivity index (χ3v) is 3.69. The van der Waals surface area contributed by atoms with Crippen LogP contribution in [0.25, 0.3) is 0 Å². The lowest BCUT2D eigenvalue weighted by atomic mass is 10.1. The average molecular weight is 341 g/mol. The molecule has 0 saturated carbocycles. The van der Waals surface area contributed by atoms with Crippen LogP contribution < -0.4 is 14.8 Å². The zero-order valence-electron chi connectivity index (χ0n) is 14.6. The number of Topliss-reactive ketones (excluding diaryl/α,β-unsaturated/α-hetero) is 1. The van der Waals surface area contributed by atoms with E-state index in [0.717, 1.165) is 17.1 Å². The number of ether oxygens (including phenoxy) is 2. The van der Waals surface area contributed by atoms with Crippen molar-refractivity contribution in [3.05, 3.63) is 59.7 Å². The number of hydrogen-bond donors (Lipinski definition) is 1. The highest BCUT2D eigenvalue weighted by Crippen LogP contribution is 2.14. The predicted molar refractivity (Wildman–Crippen MR) is 96.0 cm³/mol. The minimum atomic E-state index is -0.151. The second-order valence-corrected chi connectivity index (χ2v) is 5.51. The van der Waals surface area contributed by atoms with Crippen molar-refractivity contribution in [3.63, 3.8) is 0 Å². The topological polar surface area (TPSA) is 64.6 Å². The number of hydrogen-bond acceptors (Lipinski definition) is 4. The van der Waals surface area contributed by atoms with Gasteiger partial charge in [-0.15, -0.1) is 0 Å². The summed E-state index contributed by atoms with van der Waals surface area (Å²) in [7, 11) is 1.60. The van der Waals surface area contributed by atoms with E-state index in [1.807, 2.05) is 31.2 Å². The lowest BCUT2D eigenvalue weighted by Crippen LogP contribution is -2.23. The molecule has 1 amide bonds. The van der Waals surface area contributed by atoms with Crippen molar-refractivity contribution < 1.29 is 19.1 Å². The highest BCUT2D eigenvalue weighted by molar-refractivity contribution is 5.98. The lowest BCUT2D eigenvalue weighted by Gasteiger charge is -2.07. The first kappa shape index (κ1) is 18.5. The Hall–Kier alpha value is -2.82. The van der Waals surface area contributed by atoms with Crippen molar-refractivity contribution in [2.75, 3.05) is 13.7 Å². The van der Waals surface area contributed by atoms with Gasteiger partial charge in [-0.3, -0.25) is 9.59 Å². The van der Waals surface area contributed by atoms with Crippen LogP contribution in [0.1, 0.15) is 35.7 Å². The van der Waals surface area contributed by atoms with Crippen molar-refractivity contribution in [2.45, 2.75) is 26.3 Å². The van der Waals surface area contributed by atoms with Crippen LogP contribution >= 0.6 is 0 Å². The number of carbonyl (C=O) groups excluding carboxylic acids is 2. The van der Waals surface area contributed by atoms with E-state index in [2.05, 4.69) is 5.32 Å². The Morgan fingerprint density at radius 1 is 1.00 bits per heavy atom. The fourth-order valence-electron chi connectivity index (χ4n) is 2.35. The summed E-state index contributed by atoms with van der Waals surface area (Å²) in [5, 5.41) is 2.82. The number of nitrogens with one attached hydrogen (secondary N) is 1. The van der Waals surface area contributed by atoms with Crippen LogP contribution in [0.15, 0.2) is 48.5 Å². The van der Waals surface area contributed by atoms with Gasteiger partial charge in [-0.05, 0) is 48.9 Å². The van der Waals surface area contributed by atoms with Gasteiger partial charge >= 0.3 is 0 Å². The summed E-state index contributed by atoms with van der Waals surface area (Å²) >= 11 is 0. The molecule has 25 heavy (non-hydrogen) atoms. The fourth-order valence-corrected chi connectivity index (χ4v) is 2.35. The summed E-state index contributed by atoms with van der Waals surface area (Å²) in [5.41, 5.74) is 1.54. The highest BCUT2D eigenvalue weighted by Gasteiger charge is 2.09. The number of rotatable bonds is 9. The van der Waals surface area contributed by atoms with Crippen LogP contribution in [-0.2, 0) is 11.3 Å². The lowest BCUT2D eigenvalue weighted by molar-refractivity contribution is -0.121. The van der Waals surface area contributed by atoms with Crippen LogP contribution in [-0.4, -0.2) is 25.4 Å². The SMILES string of the molecule is CCOc1ccc(C(=O)CCC(=O)NCc2cccc(OC)c2)cc1. The van der Waals surface area contributed by atoms with Gasteiger partial charge in [0.05, 0.1) is 13.7 Å². The Bertz CT molecular complexity index is 710. The first-order valence-electron chi connectivity index (χ1n) is 8.28. The number of amides is 1. The molecule has 132 valence electrons. The Kier molecular flexibility index (Phi) is 7.01. The number of carbonyl (C=O) groups is 2. The number of methoxy groups -OCH3 is 1. The Labute approximate surface area is 148 Å². The molecule has 5 nitrogen and oxygen atoms in total. The summed E-state index contributed by atoms with van der Waals surface area (Å²) in [6.07, 6.45) is 0.341. The van der Waals surface area contributed by atoms with Crippen LogP contribution in [0.2, 0.25) is 0 Å². The molecule has 0 aliphatic rings. The van der Waals surface area contributed by atoms with Gasteiger partial charge in [-0.25, -0.2) is 0 Å². The van der Waals surface area contributed by atoms with E-state index in [1.165, 1.54) is 0 Å². The second-order valence-electron chi connectivity index (χ2n) is 5.51. The first-order chi connectivity index (χ1) is 12.1. The molecule has 0 radical (unpaired) electrons. The van der Waals surface area contributed by atoms with Crippen molar-refractivity contribution in [3.8, 4) is 11.5 Å². The predicted octanol–water partition coefficient (Wildman–Crippen LogP) is 3.37. The van der Waals surface area contributed by atoms with E-state index in [4.69, 9.17) is 9.47 Å².